The average Bonchev–Trinajstić information content (AvgIpc) is 2.85. The molecular formula is C18H25N3. The molecule has 1 unspecified atom stereocenters. The molecule has 0 aliphatic carbocycles. The number of rotatable bonds is 1. The first-order chi connectivity index (χ1) is 9.76. The van der Waals surface area contributed by atoms with E-state index in [1.54, 1.807) is 0 Å². The topological polar surface area (TPSA) is 31.9 Å². The molecule has 3 rings (SSSR count). The van der Waals surface area contributed by atoms with Gasteiger partial charge in [-0.3, -0.25) is 4.90 Å². The third-order valence-corrected chi connectivity index (χ3v) is 5.63. The summed E-state index contributed by atoms with van der Waals surface area (Å²) >= 11 is 0. The molecule has 2 aromatic heterocycles. The molecule has 1 N–H and O–H groups in total. The predicted molar refractivity (Wildman–Crippen MR) is 89.2 cm³/mol. The maximum atomic E-state index is 4.41. The van der Waals surface area contributed by atoms with Crippen molar-refractivity contribution in [1.82, 2.24) is 14.9 Å². The van der Waals surface area contributed by atoms with Crippen LogP contribution in [0.1, 0.15) is 40.2 Å². The first-order valence-corrected chi connectivity index (χ1v) is 7.65. The lowest BCUT2D eigenvalue weighted by molar-refractivity contribution is 0.0423. The first-order valence-electron chi connectivity index (χ1n) is 7.65. The molecule has 0 bridgehead atoms. The van der Waals surface area contributed by atoms with E-state index in [1.165, 1.54) is 16.5 Å². The van der Waals surface area contributed by atoms with E-state index in [9.17, 15) is 0 Å². The van der Waals surface area contributed by atoms with Gasteiger partial charge in [-0.25, -0.2) is 4.98 Å². The van der Waals surface area contributed by atoms with E-state index in [4.69, 9.17) is 0 Å². The van der Waals surface area contributed by atoms with Crippen LogP contribution in [0, 0.1) is 5.92 Å². The molecule has 0 aromatic carbocycles. The van der Waals surface area contributed by atoms with Crippen LogP contribution in [0.5, 0.6) is 0 Å². The second kappa shape index (κ2) is 4.44. The summed E-state index contributed by atoms with van der Waals surface area (Å²) < 4.78 is 0. The lowest BCUT2D eigenvalue weighted by Gasteiger charge is -2.53. The predicted octanol–water partition coefficient (Wildman–Crippen LogP) is 4.09. The van der Waals surface area contributed by atoms with Crippen molar-refractivity contribution >= 4 is 16.6 Å². The third-order valence-electron chi connectivity index (χ3n) is 5.63. The van der Waals surface area contributed by atoms with Crippen molar-refractivity contribution in [2.45, 2.75) is 45.7 Å². The zero-order valence-electron chi connectivity index (χ0n) is 13.9. The molecule has 112 valence electrons. The van der Waals surface area contributed by atoms with Crippen LogP contribution < -0.4 is 0 Å². The summed E-state index contributed by atoms with van der Waals surface area (Å²) in [5, 5.41) is 1.21. The fourth-order valence-electron chi connectivity index (χ4n) is 3.46. The number of aromatic amines is 1. The van der Waals surface area contributed by atoms with Gasteiger partial charge in [-0.1, -0.05) is 13.0 Å². The fraction of sp³-hybridized carbons (Fsp3) is 0.500. The Morgan fingerprint density at radius 3 is 2.67 bits per heavy atom. The largest absolute Gasteiger partial charge is 0.346 e. The summed E-state index contributed by atoms with van der Waals surface area (Å²) in [6.07, 6.45) is 6.38. The molecule has 1 aliphatic rings. The molecule has 3 heteroatoms. The number of nitrogens with one attached hydrogen (secondary N) is 1. The van der Waals surface area contributed by atoms with Gasteiger partial charge in [0.2, 0.25) is 0 Å². The van der Waals surface area contributed by atoms with E-state index >= 15 is 0 Å². The summed E-state index contributed by atoms with van der Waals surface area (Å²) in [7, 11) is 2.23. The molecule has 0 fully saturated rings. The zero-order valence-corrected chi connectivity index (χ0v) is 13.9. The SMILES string of the molecule is CC1C=C(c2c[nH]c3ncccc23)C(C)(C)N(C)C1(C)C. The summed E-state index contributed by atoms with van der Waals surface area (Å²) in [4.78, 5) is 10.2. The molecule has 0 radical (unpaired) electrons. The Bertz CT molecular complexity index is 706. The molecule has 0 saturated carbocycles. The molecule has 3 nitrogen and oxygen atoms in total. The van der Waals surface area contributed by atoms with Crippen LogP contribution in [-0.2, 0) is 0 Å². The lowest BCUT2D eigenvalue weighted by Crippen LogP contribution is -2.59. The van der Waals surface area contributed by atoms with Crippen molar-refractivity contribution in [3.05, 3.63) is 36.2 Å². The highest BCUT2D eigenvalue weighted by Gasteiger charge is 2.44. The van der Waals surface area contributed by atoms with E-state index in [0.717, 1.165) is 5.65 Å². The van der Waals surface area contributed by atoms with E-state index in [0.29, 0.717) is 5.92 Å². The van der Waals surface area contributed by atoms with E-state index < -0.39 is 0 Å². The number of fused-ring (bicyclic) bond motifs is 1. The van der Waals surface area contributed by atoms with Gasteiger partial charge in [0.05, 0.1) is 0 Å². The van der Waals surface area contributed by atoms with Crippen LogP contribution in [0.4, 0.5) is 0 Å². The lowest BCUT2D eigenvalue weighted by atomic mass is 9.72. The molecule has 0 spiro atoms. The molecule has 21 heavy (non-hydrogen) atoms. The highest BCUT2D eigenvalue weighted by atomic mass is 15.2. The number of aromatic nitrogens is 2. The summed E-state index contributed by atoms with van der Waals surface area (Å²) in [5.41, 5.74) is 3.76. The standard InChI is InChI=1S/C18H25N3/c1-12-10-15(18(4,5)21(6)17(12,2)3)14-11-20-16-13(14)8-7-9-19-16/h7-12H,1-6H3,(H,19,20). The number of hydrogen-bond acceptors (Lipinski definition) is 2. The second-order valence-corrected chi connectivity index (χ2v) is 7.24. The number of pyridine rings is 1. The van der Waals surface area contributed by atoms with Crippen molar-refractivity contribution in [3.63, 3.8) is 0 Å². The van der Waals surface area contributed by atoms with Crippen molar-refractivity contribution in [3.8, 4) is 0 Å². The van der Waals surface area contributed by atoms with Gasteiger partial charge in [-0.15, -0.1) is 0 Å². The number of likely N-dealkylation sites (N-methyl/N-ethyl adjacent to an activating group) is 1. The smallest absolute Gasteiger partial charge is 0.137 e. The Morgan fingerprint density at radius 1 is 1.24 bits per heavy atom. The normalized spacial score (nSPS) is 25.0. The Hall–Kier alpha value is -1.61. The quantitative estimate of drug-likeness (QED) is 0.855. The number of H-pyrrole nitrogens is 1. The maximum Gasteiger partial charge on any atom is 0.137 e. The van der Waals surface area contributed by atoms with Gasteiger partial charge in [-0.2, -0.15) is 0 Å². The molecule has 0 amide bonds. The maximum absolute atomic E-state index is 4.41. The van der Waals surface area contributed by atoms with E-state index in [2.05, 4.69) is 74.9 Å². The minimum absolute atomic E-state index is 0.0129. The number of hydrogen-bond donors (Lipinski definition) is 1. The van der Waals surface area contributed by atoms with Crippen LogP contribution in [0.15, 0.2) is 30.6 Å². The Labute approximate surface area is 127 Å². The molecule has 0 saturated heterocycles. The van der Waals surface area contributed by atoms with Crippen LogP contribution in [-0.4, -0.2) is 33.0 Å². The molecular weight excluding hydrogens is 258 g/mol. The minimum Gasteiger partial charge on any atom is -0.346 e. The Kier molecular flexibility index (Phi) is 3.03. The summed E-state index contributed by atoms with van der Waals surface area (Å²) in [6, 6.07) is 4.16. The van der Waals surface area contributed by atoms with Crippen molar-refractivity contribution in [2.24, 2.45) is 5.92 Å². The monoisotopic (exact) mass is 283 g/mol. The first kappa shape index (κ1) is 14.3. The Morgan fingerprint density at radius 2 is 1.95 bits per heavy atom. The molecule has 1 aliphatic heterocycles. The summed E-state index contributed by atoms with van der Waals surface area (Å²) in [6.45, 7) is 11.6. The van der Waals surface area contributed by atoms with Crippen LogP contribution in [0.25, 0.3) is 16.6 Å². The van der Waals surface area contributed by atoms with Gasteiger partial charge < -0.3 is 4.98 Å². The molecule has 1 atom stereocenters. The molecule has 2 aromatic rings. The van der Waals surface area contributed by atoms with Gasteiger partial charge in [0.1, 0.15) is 5.65 Å². The highest BCUT2D eigenvalue weighted by molar-refractivity contribution is 5.93. The minimum atomic E-state index is -0.0129. The second-order valence-electron chi connectivity index (χ2n) is 7.24. The summed E-state index contributed by atoms with van der Waals surface area (Å²) in [5.74, 6) is 0.493. The van der Waals surface area contributed by atoms with Crippen LogP contribution in [0.3, 0.4) is 0 Å². The van der Waals surface area contributed by atoms with Crippen molar-refractivity contribution in [2.75, 3.05) is 7.05 Å². The van der Waals surface area contributed by atoms with Crippen molar-refractivity contribution in [1.29, 1.82) is 0 Å². The van der Waals surface area contributed by atoms with Crippen LogP contribution >= 0.6 is 0 Å². The molecule has 3 heterocycles. The Balaban J connectivity index is 2.21. The van der Waals surface area contributed by atoms with Gasteiger partial charge in [-0.05, 0) is 58.4 Å². The van der Waals surface area contributed by atoms with Gasteiger partial charge in [0.25, 0.3) is 0 Å². The van der Waals surface area contributed by atoms with E-state index in [1.807, 2.05) is 12.3 Å². The van der Waals surface area contributed by atoms with Gasteiger partial charge in [0.15, 0.2) is 0 Å². The van der Waals surface area contributed by atoms with Gasteiger partial charge in [0, 0.05) is 34.4 Å². The fourth-order valence-corrected chi connectivity index (χ4v) is 3.46. The number of nitrogens with zero attached hydrogens (tertiary/aromatic N) is 2. The third kappa shape index (κ3) is 1.95. The average molecular weight is 283 g/mol. The van der Waals surface area contributed by atoms with Gasteiger partial charge >= 0.3 is 0 Å². The zero-order chi connectivity index (χ0) is 15.4. The van der Waals surface area contributed by atoms with Crippen LogP contribution in [0.2, 0.25) is 0 Å². The van der Waals surface area contributed by atoms with E-state index in [-0.39, 0.29) is 11.1 Å². The highest BCUT2D eigenvalue weighted by Crippen LogP contribution is 2.45. The van der Waals surface area contributed by atoms with Crippen molar-refractivity contribution < 1.29 is 0 Å².